The molecule has 1 spiro atoms. The molecule has 1 atom stereocenters. The number of aryl methyl sites for hydroxylation is 2. The van der Waals surface area contributed by atoms with E-state index in [0.717, 1.165) is 24.4 Å². The Balaban J connectivity index is 1.39. The lowest BCUT2D eigenvalue weighted by molar-refractivity contribution is 0.0107. The number of rotatable bonds is 5. The molecule has 0 N–H and O–H groups in total. The highest BCUT2D eigenvalue weighted by molar-refractivity contribution is 5.94. The summed E-state index contributed by atoms with van der Waals surface area (Å²) in [6, 6.07) is 9.51. The quantitative estimate of drug-likeness (QED) is 0.606. The summed E-state index contributed by atoms with van der Waals surface area (Å²) in [5.41, 5.74) is 0.926. The Morgan fingerprint density at radius 3 is 2.75 bits per heavy atom. The highest BCUT2D eigenvalue weighted by atomic mass is 16.5. The molecule has 4 heterocycles. The molecule has 2 aliphatic rings. The van der Waals surface area contributed by atoms with Crippen LogP contribution in [-0.2, 0) is 18.4 Å². The molecule has 3 aromatic rings. The zero-order valence-electron chi connectivity index (χ0n) is 18.4. The summed E-state index contributed by atoms with van der Waals surface area (Å²) in [4.78, 5) is 15.5. The molecule has 2 saturated heterocycles. The third-order valence-electron chi connectivity index (χ3n) is 6.80. The summed E-state index contributed by atoms with van der Waals surface area (Å²) in [5.74, 6) is 2.19. The summed E-state index contributed by atoms with van der Waals surface area (Å²) >= 11 is 0. The van der Waals surface area contributed by atoms with Crippen molar-refractivity contribution in [2.24, 2.45) is 12.5 Å². The van der Waals surface area contributed by atoms with Crippen LogP contribution in [0.5, 0.6) is 5.75 Å². The Hall–Kier alpha value is -3.20. The second kappa shape index (κ2) is 8.38. The number of ether oxygens (including phenoxy) is 2. The molecule has 0 radical (unpaired) electrons. The summed E-state index contributed by atoms with van der Waals surface area (Å²) in [6.45, 7) is 4.61. The average Bonchev–Trinajstić information content (AvgIpc) is 3.50. The van der Waals surface area contributed by atoms with Crippen molar-refractivity contribution in [2.75, 3.05) is 26.3 Å². The van der Waals surface area contributed by atoms with Crippen molar-refractivity contribution < 1.29 is 18.8 Å². The van der Waals surface area contributed by atoms with Crippen LogP contribution in [0.2, 0.25) is 0 Å². The lowest BCUT2D eigenvalue weighted by Crippen LogP contribution is -2.38. The minimum atomic E-state index is -0.135. The van der Waals surface area contributed by atoms with Crippen molar-refractivity contribution in [3.05, 3.63) is 59.5 Å². The van der Waals surface area contributed by atoms with Gasteiger partial charge in [-0.25, -0.2) is 0 Å². The number of aromatic nitrogens is 4. The highest BCUT2D eigenvalue weighted by Crippen LogP contribution is 2.49. The van der Waals surface area contributed by atoms with Crippen LogP contribution in [0, 0.1) is 12.3 Å². The van der Waals surface area contributed by atoms with Gasteiger partial charge in [-0.15, -0.1) is 10.2 Å². The van der Waals surface area contributed by atoms with E-state index in [1.165, 1.54) is 0 Å². The number of carbonyl (C=O) groups excluding carboxylic acids is 1. The molecule has 9 heteroatoms. The van der Waals surface area contributed by atoms with Crippen LogP contribution >= 0.6 is 0 Å². The van der Waals surface area contributed by atoms with E-state index >= 15 is 0 Å². The molecule has 2 aromatic heterocycles. The van der Waals surface area contributed by atoms with Gasteiger partial charge in [-0.1, -0.05) is 23.4 Å². The second-order valence-electron chi connectivity index (χ2n) is 8.68. The number of amides is 1. The molecule has 0 aliphatic carbocycles. The zero-order chi connectivity index (χ0) is 22.1. The minimum absolute atomic E-state index is 0.0752. The van der Waals surface area contributed by atoms with Crippen LogP contribution < -0.4 is 4.74 Å². The van der Waals surface area contributed by atoms with E-state index < -0.39 is 0 Å². The average molecular weight is 438 g/mol. The Bertz CT molecular complexity index is 1090. The van der Waals surface area contributed by atoms with E-state index in [0.29, 0.717) is 43.3 Å². The molecular formula is C23H27N5O4. The number of benzene rings is 1. The third kappa shape index (κ3) is 3.66. The third-order valence-corrected chi connectivity index (χ3v) is 6.80. The SMILES string of the molecule is Cc1onc(C(=O)N2CC(c3nncn3C)C3(CCOCC3)C2)c1COc1ccccc1. The first kappa shape index (κ1) is 20.7. The van der Waals surface area contributed by atoms with Gasteiger partial charge in [0.2, 0.25) is 0 Å². The molecule has 9 nitrogen and oxygen atoms in total. The maximum Gasteiger partial charge on any atom is 0.276 e. The van der Waals surface area contributed by atoms with Crippen LogP contribution in [0.15, 0.2) is 41.2 Å². The topological polar surface area (TPSA) is 95.5 Å². The molecule has 0 bridgehead atoms. The fourth-order valence-corrected chi connectivity index (χ4v) is 4.92. The van der Waals surface area contributed by atoms with E-state index in [1.54, 1.807) is 13.3 Å². The van der Waals surface area contributed by atoms with Gasteiger partial charge in [0.05, 0.1) is 5.56 Å². The first-order chi connectivity index (χ1) is 15.6. The van der Waals surface area contributed by atoms with Crippen LogP contribution in [-0.4, -0.2) is 57.0 Å². The molecule has 5 rings (SSSR count). The van der Waals surface area contributed by atoms with Crippen molar-refractivity contribution >= 4 is 5.91 Å². The molecule has 2 fully saturated rings. The van der Waals surface area contributed by atoms with Gasteiger partial charge in [-0.05, 0) is 31.9 Å². The Morgan fingerprint density at radius 1 is 1.25 bits per heavy atom. The summed E-state index contributed by atoms with van der Waals surface area (Å²) in [5, 5.41) is 12.6. The Labute approximate surface area is 186 Å². The maximum atomic E-state index is 13.6. The molecule has 1 aromatic carbocycles. The second-order valence-corrected chi connectivity index (χ2v) is 8.68. The van der Waals surface area contributed by atoms with E-state index in [-0.39, 0.29) is 23.8 Å². The number of hydrogen-bond acceptors (Lipinski definition) is 7. The van der Waals surface area contributed by atoms with Gasteiger partial charge in [0, 0.05) is 44.7 Å². The van der Waals surface area contributed by atoms with Crippen LogP contribution in [0.1, 0.15) is 46.4 Å². The van der Waals surface area contributed by atoms with E-state index in [2.05, 4.69) is 15.4 Å². The number of carbonyl (C=O) groups is 1. The van der Waals surface area contributed by atoms with Gasteiger partial charge >= 0.3 is 0 Å². The summed E-state index contributed by atoms with van der Waals surface area (Å²) < 4.78 is 18.9. The van der Waals surface area contributed by atoms with Gasteiger partial charge in [0.1, 0.15) is 30.3 Å². The number of para-hydroxylation sites is 1. The fraction of sp³-hybridized carbons (Fsp3) is 0.478. The van der Waals surface area contributed by atoms with Crippen LogP contribution in [0.4, 0.5) is 0 Å². The van der Waals surface area contributed by atoms with Gasteiger partial charge in [-0.2, -0.15) is 0 Å². The largest absolute Gasteiger partial charge is 0.489 e. The van der Waals surface area contributed by atoms with E-state index in [1.807, 2.05) is 46.8 Å². The zero-order valence-corrected chi connectivity index (χ0v) is 18.4. The smallest absolute Gasteiger partial charge is 0.276 e. The van der Waals surface area contributed by atoms with Gasteiger partial charge in [0.15, 0.2) is 5.69 Å². The standard InChI is InChI=1S/C23H27N5O4/c1-16-18(13-31-17-6-4-3-5-7-17)20(26-32-16)22(29)28-12-19(21-25-24-15-27(21)2)23(14-28)8-10-30-11-9-23/h3-7,15,19H,8-14H2,1-2H3. The first-order valence-corrected chi connectivity index (χ1v) is 10.9. The van der Waals surface area contributed by atoms with E-state index in [4.69, 9.17) is 14.0 Å². The van der Waals surface area contributed by atoms with Crippen molar-refractivity contribution in [3.63, 3.8) is 0 Å². The van der Waals surface area contributed by atoms with Crippen LogP contribution in [0.3, 0.4) is 0 Å². The number of likely N-dealkylation sites (tertiary alicyclic amines) is 1. The molecule has 0 saturated carbocycles. The summed E-state index contributed by atoms with van der Waals surface area (Å²) in [6.07, 6.45) is 3.49. The predicted molar refractivity (Wildman–Crippen MR) is 114 cm³/mol. The molecule has 168 valence electrons. The van der Waals surface area contributed by atoms with Crippen molar-refractivity contribution in [1.82, 2.24) is 24.8 Å². The van der Waals surface area contributed by atoms with Gasteiger partial charge in [0.25, 0.3) is 5.91 Å². The normalized spacial score (nSPS) is 20.1. The first-order valence-electron chi connectivity index (χ1n) is 10.9. The van der Waals surface area contributed by atoms with Crippen molar-refractivity contribution in [3.8, 4) is 5.75 Å². The lowest BCUT2D eigenvalue weighted by atomic mass is 9.72. The van der Waals surface area contributed by atoms with Gasteiger partial charge in [-0.3, -0.25) is 4.79 Å². The minimum Gasteiger partial charge on any atom is -0.489 e. The van der Waals surface area contributed by atoms with E-state index in [9.17, 15) is 4.79 Å². The summed E-state index contributed by atoms with van der Waals surface area (Å²) in [7, 11) is 1.95. The molecule has 1 amide bonds. The molecule has 32 heavy (non-hydrogen) atoms. The highest BCUT2D eigenvalue weighted by Gasteiger charge is 2.51. The fourth-order valence-electron chi connectivity index (χ4n) is 4.92. The predicted octanol–water partition coefficient (Wildman–Crippen LogP) is 2.73. The maximum absolute atomic E-state index is 13.6. The monoisotopic (exact) mass is 437 g/mol. The molecule has 2 aliphatic heterocycles. The number of nitrogens with zero attached hydrogens (tertiary/aromatic N) is 5. The lowest BCUT2D eigenvalue weighted by Gasteiger charge is -2.37. The van der Waals surface area contributed by atoms with Crippen molar-refractivity contribution in [1.29, 1.82) is 0 Å². The van der Waals surface area contributed by atoms with Crippen molar-refractivity contribution in [2.45, 2.75) is 32.3 Å². The molecular weight excluding hydrogens is 410 g/mol. The Kier molecular flexibility index (Phi) is 5.42. The van der Waals surface area contributed by atoms with Crippen LogP contribution in [0.25, 0.3) is 0 Å². The Morgan fingerprint density at radius 2 is 2.03 bits per heavy atom. The van der Waals surface area contributed by atoms with Gasteiger partial charge < -0.3 is 23.5 Å². The molecule has 1 unspecified atom stereocenters. The number of hydrogen-bond donors (Lipinski definition) is 0.